The molecule has 10 nitrogen and oxygen atoms in total. The maximum atomic E-state index is 13.4. The van der Waals surface area contributed by atoms with Crippen LogP contribution in [0.25, 0.3) is 0 Å². The van der Waals surface area contributed by atoms with Crippen LogP contribution in [0.15, 0.2) is 28.4 Å². The summed E-state index contributed by atoms with van der Waals surface area (Å²) in [5.41, 5.74) is 1.30. The van der Waals surface area contributed by atoms with Crippen molar-refractivity contribution in [1.29, 1.82) is 0 Å². The Hall–Kier alpha value is -2.73. The van der Waals surface area contributed by atoms with Crippen molar-refractivity contribution in [2.45, 2.75) is 38.6 Å². The van der Waals surface area contributed by atoms with Gasteiger partial charge in [-0.05, 0) is 38.5 Å². The van der Waals surface area contributed by atoms with Crippen LogP contribution in [0, 0.1) is 6.92 Å². The lowest BCUT2D eigenvalue weighted by Gasteiger charge is -2.21. The summed E-state index contributed by atoms with van der Waals surface area (Å²) >= 11 is 0. The number of ketones is 1. The van der Waals surface area contributed by atoms with Crippen LogP contribution < -0.4 is 4.18 Å². The van der Waals surface area contributed by atoms with E-state index in [-0.39, 0.29) is 46.4 Å². The minimum Gasteiger partial charge on any atom is -0.399 e. The monoisotopic (exact) mass is 469 g/mol. The third-order valence-electron chi connectivity index (χ3n) is 5.00. The molecule has 0 saturated carbocycles. The van der Waals surface area contributed by atoms with E-state index in [4.69, 9.17) is 9.02 Å². The highest BCUT2D eigenvalue weighted by Crippen LogP contribution is 2.32. The second kappa shape index (κ2) is 8.42. The molecule has 2 aromatic rings. The maximum absolute atomic E-state index is 13.4. The number of hydrogen-bond acceptors (Lipinski definition) is 9. The summed E-state index contributed by atoms with van der Waals surface area (Å²) in [5, 5.41) is 7.99. The molecule has 168 valence electrons. The predicted molar refractivity (Wildman–Crippen MR) is 113 cm³/mol. The number of benzene rings is 1. The summed E-state index contributed by atoms with van der Waals surface area (Å²) in [6.45, 7) is 5.06. The van der Waals surface area contributed by atoms with Gasteiger partial charge in [0.15, 0.2) is 15.6 Å². The summed E-state index contributed by atoms with van der Waals surface area (Å²) in [6, 6.07) is 2.77. The third-order valence-corrected chi connectivity index (χ3v) is 7.87. The zero-order valence-electron chi connectivity index (χ0n) is 17.6. The van der Waals surface area contributed by atoms with Crippen molar-refractivity contribution in [3.05, 3.63) is 40.6 Å². The quantitative estimate of drug-likeness (QED) is 0.340. The van der Waals surface area contributed by atoms with E-state index in [1.54, 1.807) is 13.8 Å². The fourth-order valence-corrected chi connectivity index (χ4v) is 5.46. The zero-order chi connectivity index (χ0) is 23.0. The Morgan fingerprint density at radius 3 is 2.58 bits per heavy atom. The number of hydrogen-bond donors (Lipinski definition) is 0. The average Bonchev–Trinajstić information content (AvgIpc) is 3.11. The van der Waals surface area contributed by atoms with Crippen molar-refractivity contribution in [2.24, 2.45) is 5.16 Å². The van der Waals surface area contributed by atoms with E-state index in [0.717, 1.165) is 0 Å². The van der Waals surface area contributed by atoms with E-state index in [9.17, 15) is 21.6 Å². The van der Waals surface area contributed by atoms with Gasteiger partial charge in [-0.15, -0.1) is 0 Å². The van der Waals surface area contributed by atoms with Gasteiger partial charge in [-0.25, -0.2) is 13.1 Å². The minimum atomic E-state index is -3.90. The Morgan fingerprint density at radius 1 is 1.26 bits per heavy atom. The van der Waals surface area contributed by atoms with Gasteiger partial charge in [-0.2, -0.15) is 13.5 Å². The van der Waals surface area contributed by atoms with Gasteiger partial charge in [-0.3, -0.25) is 4.79 Å². The number of carbonyl (C=O) groups is 1. The van der Waals surface area contributed by atoms with Gasteiger partial charge in [0.2, 0.25) is 5.88 Å². The number of nitrogens with zero attached hydrogens (tertiary/aromatic N) is 3. The molecule has 0 unspecified atom stereocenters. The van der Waals surface area contributed by atoms with Crippen LogP contribution in [0.5, 0.6) is 5.88 Å². The minimum absolute atomic E-state index is 0.0363. The smallest absolute Gasteiger partial charge is 0.310 e. The second-order valence-corrected chi connectivity index (χ2v) is 10.8. The van der Waals surface area contributed by atoms with Crippen LogP contribution in [0.1, 0.15) is 47.3 Å². The molecule has 1 aromatic carbocycles. The highest BCUT2D eigenvalue weighted by Gasteiger charge is 2.33. The molecule has 0 atom stereocenters. The molecule has 31 heavy (non-hydrogen) atoms. The van der Waals surface area contributed by atoms with Gasteiger partial charge >= 0.3 is 10.1 Å². The molecule has 0 fully saturated rings. The van der Waals surface area contributed by atoms with Crippen LogP contribution in [0.2, 0.25) is 0 Å². The first-order valence-electron chi connectivity index (χ1n) is 9.55. The molecule has 2 heterocycles. The molecule has 12 heteroatoms. The fraction of sp³-hybridized carbons (Fsp3) is 0.421. The molecule has 0 N–H and O–H groups in total. The Balaban J connectivity index is 2.18. The Bertz CT molecular complexity index is 1280. The lowest BCUT2D eigenvalue weighted by molar-refractivity contribution is 0.103. The van der Waals surface area contributed by atoms with E-state index < -0.39 is 25.7 Å². The van der Waals surface area contributed by atoms with Crippen molar-refractivity contribution >= 4 is 31.5 Å². The van der Waals surface area contributed by atoms with Gasteiger partial charge in [0.05, 0.1) is 28.3 Å². The number of aryl methyl sites for hydroxylation is 1. The molecular formula is C19H23N3O7S2. The summed E-state index contributed by atoms with van der Waals surface area (Å²) in [4.78, 5) is 18.3. The molecule has 0 amide bonds. The molecule has 1 aromatic heterocycles. The molecule has 0 spiro atoms. The average molecular weight is 470 g/mol. The van der Waals surface area contributed by atoms with Crippen LogP contribution in [-0.4, -0.2) is 56.7 Å². The second-order valence-electron chi connectivity index (χ2n) is 6.84. The van der Waals surface area contributed by atoms with Crippen molar-refractivity contribution in [3.63, 3.8) is 0 Å². The number of rotatable bonds is 7. The molecular weight excluding hydrogens is 446 g/mol. The Labute approximate surface area is 180 Å². The number of sulfone groups is 1. The summed E-state index contributed by atoms with van der Waals surface area (Å²) < 4.78 is 55.5. The molecule has 0 saturated heterocycles. The highest BCUT2D eigenvalue weighted by molar-refractivity contribution is 7.91. The number of carbonyl (C=O) groups excluding carboxylic acids is 1. The molecule has 1 aliphatic rings. The van der Waals surface area contributed by atoms with E-state index in [2.05, 4.69) is 10.3 Å². The van der Waals surface area contributed by atoms with Crippen LogP contribution in [0.4, 0.5) is 0 Å². The number of fused-ring (bicyclic) bond motifs is 1. The van der Waals surface area contributed by atoms with Crippen molar-refractivity contribution < 1.29 is 30.7 Å². The largest absolute Gasteiger partial charge is 0.399 e. The first-order chi connectivity index (χ1) is 14.6. The van der Waals surface area contributed by atoms with Crippen LogP contribution in [-0.2, 0) is 31.3 Å². The van der Waals surface area contributed by atoms with Crippen LogP contribution in [0.3, 0.4) is 0 Å². The first-order valence-corrected chi connectivity index (χ1v) is 12.8. The van der Waals surface area contributed by atoms with E-state index >= 15 is 0 Å². The standard InChI is InChI=1S/C19H23N3O7S2/c1-5-22-19(29-31(26,27)6-2)14(11-20-22)18(23)13-7-8-16-17(12(13)3)15(21-28-4)9-10-30(16,24)25/h7-8,11H,5-6,9-10H2,1-4H3. The van der Waals surface area contributed by atoms with Crippen LogP contribution >= 0.6 is 0 Å². The van der Waals surface area contributed by atoms with E-state index in [0.29, 0.717) is 16.8 Å². The number of aromatic nitrogens is 2. The van der Waals surface area contributed by atoms with Gasteiger partial charge in [-0.1, -0.05) is 5.16 Å². The summed E-state index contributed by atoms with van der Waals surface area (Å²) in [5.74, 6) is -1.10. The van der Waals surface area contributed by atoms with Gasteiger partial charge in [0.25, 0.3) is 0 Å². The van der Waals surface area contributed by atoms with E-state index in [1.807, 2.05) is 0 Å². The SMILES string of the molecule is CCn1ncc(C(=O)c2ccc3c(c2C)C(=NOC)CCS3(=O)=O)c1OS(=O)(=O)CC. The van der Waals surface area contributed by atoms with Gasteiger partial charge in [0.1, 0.15) is 12.7 Å². The lowest BCUT2D eigenvalue weighted by Crippen LogP contribution is -2.24. The molecule has 0 radical (unpaired) electrons. The topological polar surface area (TPSA) is 134 Å². The van der Waals surface area contributed by atoms with Crippen molar-refractivity contribution in [1.82, 2.24) is 9.78 Å². The molecule has 0 bridgehead atoms. The van der Waals surface area contributed by atoms with E-state index in [1.165, 1.54) is 37.0 Å². The van der Waals surface area contributed by atoms with Crippen molar-refractivity contribution in [3.8, 4) is 5.88 Å². The molecule has 3 rings (SSSR count). The number of oxime groups is 1. The maximum Gasteiger partial charge on any atom is 0.310 e. The predicted octanol–water partition coefficient (Wildman–Crippen LogP) is 1.70. The summed E-state index contributed by atoms with van der Waals surface area (Å²) in [6.07, 6.45) is 1.39. The normalized spacial score (nSPS) is 16.7. The Morgan fingerprint density at radius 2 is 1.97 bits per heavy atom. The van der Waals surface area contributed by atoms with Gasteiger partial charge < -0.3 is 9.02 Å². The first kappa shape index (κ1) is 22.9. The fourth-order valence-electron chi connectivity index (χ4n) is 3.39. The van der Waals surface area contributed by atoms with Gasteiger partial charge in [0, 0.05) is 24.1 Å². The molecule has 1 aliphatic heterocycles. The zero-order valence-corrected chi connectivity index (χ0v) is 19.2. The highest BCUT2D eigenvalue weighted by atomic mass is 32.2. The Kier molecular flexibility index (Phi) is 6.23. The lowest BCUT2D eigenvalue weighted by atomic mass is 9.93. The summed E-state index contributed by atoms with van der Waals surface area (Å²) in [7, 11) is -6.07. The van der Waals surface area contributed by atoms with Crippen molar-refractivity contribution in [2.75, 3.05) is 18.6 Å². The molecule has 0 aliphatic carbocycles. The third kappa shape index (κ3) is 4.22.